The maximum Gasteiger partial charge on any atom is 0.309 e. The average Bonchev–Trinajstić information content (AvgIpc) is 2.75. The van der Waals surface area contributed by atoms with Crippen LogP contribution in [0.15, 0.2) is 0 Å². The van der Waals surface area contributed by atoms with Crippen LogP contribution in [0.1, 0.15) is 46.5 Å². The summed E-state index contributed by atoms with van der Waals surface area (Å²) in [7, 11) is 0. The maximum absolute atomic E-state index is 11.6. The van der Waals surface area contributed by atoms with E-state index in [1.165, 1.54) is 0 Å². The lowest BCUT2D eigenvalue weighted by molar-refractivity contribution is -0.151. The molecule has 1 fully saturated rings. The number of esters is 1. The highest BCUT2D eigenvalue weighted by Gasteiger charge is 2.24. The number of carbonyl (C=O) groups excluding carboxylic acids is 1. The smallest absolute Gasteiger partial charge is 0.309 e. The molecule has 4 nitrogen and oxygen atoms in total. The third kappa shape index (κ3) is 6.03. The number of carbonyl (C=O) groups is 1. The summed E-state index contributed by atoms with van der Waals surface area (Å²) in [6.45, 7) is 6.64. The molecule has 1 atom stereocenters. The maximum atomic E-state index is 11.6. The minimum atomic E-state index is -0.625. The Morgan fingerprint density at radius 2 is 2.00 bits per heavy atom. The lowest BCUT2D eigenvalue weighted by Gasteiger charge is -2.23. The van der Waals surface area contributed by atoms with Gasteiger partial charge in [-0.25, -0.2) is 0 Å². The van der Waals surface area contributed by atoms with Gasteiger partial charge in [0.05, 0.1) is 5.92 Å². The van der Waals surface area contributed by atoms with Gasteiger partial charge in [-0.15, -0.1) is 0 Å². The number of hydrogen-bond acceptors (Lipinski definition) is 4. The molecule has 0 unspecified atom stereocenters. The van der Waals surface area contributed by atoms with Crippen molar-refractivity contribution in [3.05, 3.63) is 0 Å². The third-order valence-electron chi connectivity index (χ3n) is 2.97. The third-order valence-corrected chi connectivity index (χ3v) is 2.97. The first-order valence-corrected chi connectivity index (χ1v) is 6.48. The molecule has 0 aromatic carbocycles. The van der Waals surface area contributed by atoms with Crippen LogP contribution in [0.4, 0.5) is 0 Å². The standard InChI is InChI=1S/C13H25NO3/c1-13(2,3)14-8-11(15)9-17-12(16)10-6-4-5-7-10/h10-11,14-15H,4-9H2,1-3H3/t11-/m1/s1. The van der Waals surface area contributed by atoms with Gasteiger partial charge in [0, 0.05) is 12.1 Å². The van der Waals surface area contributed by atoms with Crippen molar-refractivity contribution in [1.29, 1.82) is 0 Å². The van der Waals surface area contributed by atoms with Crippen LogP contribution in [0.25, 0.3) is 0 Å². The Morgan fingerprint density at radius 1 is 1.41 bits per heavy atom. The van der Waals surface area contributed by atoms with Crippen molar-refractivity contribution in [2.24, 2.45) is 5.92 Å². The highest BCUT2D eigenvalue weighted by atomic mass is 16.5. The highest BCUT2D eigenvalue weighted by molar-refractivity contribution is 5.72. The summed E-state index contributed by atoms with van der Waals surface area (Å²) in [5.74, 6) is -0.0740. The van der Waals surface area contributed by atoms with E-state index in [9.17, 15) is 9.90 Å². The van der Waals surface area contributed by atoms with Crippen molar-refractivity contribution < 1.29 is 14.6 Å². The molecule has 1 rings (SSSR count). The summed E-state index contributed by atoms with van der Waals surface area (Å²) >= 11 is 0. The molecule has 2 N–H and O–H groups in total. The second kappa shape index (κ2) is 6.36. The molecule has 1 aliphatic carbocycles. The average molecular weight is 243 g/mol. The van der Waals surface area contributed by atoms with Gasteiger partial charge in [-0.05, 0) is 33.6 Å². The first-order valence-electron chi connectivity index (χ1n) is 6.48. The van der Waals surface area contributed by atoms with Gasteiger partial charge in [0.1, 0.15) is 12.7 Å². The summed E-state index contributed by atoms with van der Waals surface area (Å²) < 4.78 is 5.12. The monoisotopic (exact) mass is 243 g/mol. The minimum Gasteiger partial charge on any atom is -0.463 e. The molecule has 4 heteroatoms. The fourth-order valence-electron chi connectivity index (χ4n) is 1.94. The zero-order chi connectivity index (χ0) is 12.9. The Hall–Kier alpha value is -0.610. The predicted octanol–water partition coefficient (Wildman–Crippen LogP) is 1.47. The van der Waals surface area contributed by atoms with E-state index in [0.717, 1.165) is 25.7 Å². The molecule has 0 aromatic heterocycles. The van der Waals surface area contributed by atoms with Gasteiger partial charge in [0.2, 0.25) is 0 Å². The molecule has 0 saturated heterocycles. The Bertz CT molecular complexity index is 242. The molecule has 0 radical (unpaired) electrons. The molecule has 0 heterocycles. The van der Waals surface area contributed by atoms with E-state index in [1.54, 1.807) is 0 Å². The van der Waals surface area contributed by atoms with Gasteiger partial charge in [0.25, 0.3) is 0 Å². The molecular formula is C13H25NO3. The van der Waals surface area contributed by atoms with E-state index in [2.05, 4.69) is 5.32 Å². The van der Waals surface area contributed by atoms with Crippen molar-refractivity contribution in [3.63, 3.8) is 0 Å². The van der Waals surface area contributed by atoms with E-state index in [1.807, 2.05) is 20.8 Å². The second-order valence-corrected chi connectivity index (χ2v) is 5.90. The fourth-order valence-corrected chi connectivity index (χ4v) is 1.94. The summed E-state index contributed by atoms with van der Waals surface area (Å²) in [5.41, 5.74) is -0.0313. The van der Waals surface area contributed by atoms with E-state index >= 15 is 0 Å². The van der Waals surface area contributed by atoms with Crippen molar-refractivity contribution in [3.8, 4) is 0 Å². The number of aliphatic hydroxyl groups is 1. The number of hydrogen-bond donors (Lipinski definition) is 2. The minimum absolute atomic E-state index is 0.0313. The van der Waals surface area contributed by atoms with Crippen LogP contribution in [-0.2, 0) is 9.53 Å². The molecule has 1 aliphatic rings. The normalized spacial score (nSPS) is 19.3. The van der Waals surface area contributed by atoms with Crippen LogP contribution in [0.2, 0.25) is 0 Å². The molecule has 17 heavy (non-hydrogen) atoms. The van der Waals surface area contributed by atoms with E-state index in [4.69, 9.17) is 4.74 Å². The van der Waals surface area contributed by atoms with Crippen LogP contribution < -0.4 is 5.32 Å². The van der Waals surface area contributed by atoms with Gasteiger partial charge in [-0.2, -0.15) is 0 Å². The zero-order valence-electron chi connectivity index (χ0n) is 11.2. The van der Waals surface area contributed by atoms with E-state index < -0.39 is 6.10 Å². The summed E-state index contributed by atoms with van der Waals surface area (Å²) in [6, 6.07) is 0. The Balaban J connectivity index is 2.14. The quantitative estimate of drug-likeness (QED) is 0.718. The Kier molecular flexibility index (Phi) is 5.40. The molecule has 0 bridgehead atoms. The summed E-state index contributed by atoms with van der Waals surface area (Å²) in [5, 5.41) is 12.8. The zero-order valence-corrected chi connectivity index (χ0v) is 11.2. The van der Waals surface area contributed by atoms with Crippen LogP contribution in [0, 0.1) is 5.92 Å². The Labute approximate surface area is 104 Å². The van der Waals surface area contributed by atoms with Gasteiger partial charge < -0.3 is 15.2 Å². The lowest BCUT2D eigenvalue weighted by atomic mass is 10.1. The molecule has 1 saturated carbocycles. The molecule has 0 aliphatic heterocycles. The van der Waals surface area contributed by atoms with Crippen LogP contribution in [-0.4, -0.2) is 35.9 Å². The first kappa shape index (κ1) is 14.5. The van der Waals surface area contributed by atoms with Crippen LogP contribution in [0.5, 0.6) is 0 Å². The van der Waals surface area contributed by atoms with Crippen molar-refractivity contribution >= 4 is 5.97 Å². The largest absolute Gasteiger partial charge is 0.463 e. The van der Waals surface area contributed by atoms with Gasteiger partial charge in [-0.1, -0.05) is 12.8 Å². The fraction of sp³-hybridized carbons (Fsp3) is 0.923. The van der Waals surface area contributed by atoms with Crippen molar-refractivity contribution in [1.82, 2.24) is 5.32 Å². The Morgan fingerprint density at radius 3 is 2.53 bits per heavy atom. The summed E-state index contributed by atoms with van der Waals surface area (Å²) in [6.07, 6.45) is 3.49. The number of ether oxygens (including phenoxy) is 1. The molecule has 100 valence electrons. The number of nitrogens with one attached hydrogen (secondary N) is 1. The SMILES string of the molecule is CC(C)(C)NC[C@@H](O)COC(=O)C1CCCC1. The van der Waals surface area contributed by atoms with Gasteiger partial charge in [0.15, 0.2) is 0 Å². The molecule has 0 aromatic rings. The molecule has 0 amide bonds. The topological polar surface area (TPSA) is 58.6 Å². The van der Waals surface area contributed by atoms with E-state index in [0.29, 0.717) is 6.54 Å². The van der Waals surface area contributed by atoms with E-state index in [-0.39, 0.29) is 24.0 Å². The van der Waals surface area contributed by atoms with Crippen molar-refractivity contribution in [2.75, 3.05) is 13.2 Å². The molecular weight excluding hydrogens is 218 g/mol. The highest BCUT2D eigenvalue weighted by Crippen LogP contribution is 2.25. The number of aliphatic hydroxyl groups excluding tert-OH is 1. The van der Waals surface area contributed by atoms with Crippen LogP contribution in [0.3, 0.4) is 0 Å². The van der Waals surface area contributed by atoms with Crippen molar-refractivity contribution in [2.45, 2.75) is 58.1 Å². The lowest BCUT2D eigenvalue weighted by Crippen LogP contribution is -2.42. The van der Waals surface area contributed by atoms with Gasteiger partial charge in [-0.3, -0.25) is 4.79 Å². The molecule has 0 spiro atoms. The van der Waals surface area contributed by atoms with Crippen LogP contribution >= 0.6 is 0 Å². The first-order chi connectivity index (χ1) is 7.88. The van der Waals surface area contributed by atoms with Gasteiger partial charge >= 0.3 is 5.97 Å². The summed E-state index contributed by atoms with van der Waals surface area (Å²) in [4.78, 5) is 11.6. The second-order valence-electron chi connectivity index (χ2n) is 5.90. The predicted molar refractivity (Wildman–Crippen MR) is 66.7 cm³/mol. The number of rotatable bonds is 5. The number of β-amino-alcohol motifs (C(OH)–C–C–N with tert-alkyl or cyclic N) is 1.